The van der Waals surface area contributed by atoms with E-state index >= 15 is 0 Å². The number of amides is 1. The van der Waals surface area contributed by atoms with Gasteiger partial charge in [0.2, 0.25) is 5.91 Å². The van der Waals surface area contributed by atoms with Crippen LogP contribution in [-0.4, -0.2) is 68.8 Å². The predicted octanol–water partition coefficient (Wildman–Crippen LogP) is 7.29. The lowest BCUT2D eigenvalue weighted by atomic mass is 10.0. The van der Waals surface area contributed by atoms with Crippen LogP contribution in [0, 0.1) is 0 Å². The first kappa shape index (κ1) is 48.8. The molecule has 1 amide bonds. The maximum absolute atomic E-state index is 13.1. The molecule has 0 aliphatic rings. The molecule has 0 aliphatic carbocycles. The molecular weight excluding hydrogens is 648 g/mol. The largest absolute Gasteiger partial charge is 0.463 e. The van der Waals surface area contributed by atoms with Crippen LogP contribution in [0.4, 0.5) is 0 Å². The summed E-state index contributed by atoms with van der Waals surface area (Å²) in [5, 5.41) is 2.88. The molecule has 0 unspecified atom stereocenters. The van der Waals surface area contributed by atoms with Gasteiger partial charge in [0.1, 0.15) is 25.4 Å². The third kappa shape index (κ3) is 32.2. The molecule has 0 aromatic carbocycles. The quantitative estimate of drug-likeness (QED) is 0.0286. The van der Waals surface area contributed by atoms with Crippen molar-refractivity contribution in [1.29, 1.82) is 0 Å². The number of hydrogen-bond donors (Lipinski definition) is 4. The van der Waals surface area contributed by atoms with Crippen LogP contribution in [0.25, 0.3) is 0 Å². The number of ether oxygens (including phenoxy) is 3. The summed E-state index contributed by atoms with van der Waals surface area (Å²) in [5.74, 6) is -1.81. The average Bonchev–Trinajstić information content (AvgIpc) is 3.13. The molecule has 0 saturated carbocycles. The van der Waals surface area contributed by atoms with E-state index in [1.54, 1.807) is 0 Å². The SMILES string of the molecule is CCCCCCCCCCCCCCCCCCCCCCCC(=O)NC(COC(=O)CCCN)(COC(=O)CCCN)COC(=O)CCCN. The number of nitrogens with one attached hydrogen (secondary N) is 1. The van der Waals surface area contributed by atoms with Gasteiger partial charge in [-0.05, 0) is 45.3 Å². The molecule has 0 atom stereocenters. The summed E-state index contributed by atoms with van der Waals surface area (Å²) in [6.45, 7) is 2.29. The van der Waals surface area contributed by atoms with E-state index < -0.39 is 23.4 Å². The second-order valence-corrected chi connectivity index (χ2v) is 14.3. The van der Waals surface area contributed by atoms with Gasteiger partial charge in [0, 0.05) is 25.7 Å². The Morgan fingerprint density at radius 2 is 0.686 bits per heavy atom. The van der Waals surface area contributed by atoms with Gasteiger partial charge in [0.25, 0.3) is 0 Å². The number of carbonyl (C=O) groups is 4. The zero-order valence-corrected chi connectivity index (χ0v) is 32.6. The van der Waals surface area contributed by atoms with E-state index in [0.717, 1.165) is 19.3 Å². The van der Waals surface area contributed by atoms with Crippen LogP contribution in [-0.2, 0) is 33.4 Å². The first-order valence-electron chi connectivity index (χ1n) is 20.7. The van der Waals surface area contributed by atoms with Gasteiger partial charge < -0.3 is 36.7 Å². The Morgan fingerprint density at radius 1 is 0.412 bits per heavy atom. The standard InChI is InChI=1S/C40H78N4O7/c1-2-3-4-5-6-7-8-9-10-11-12-13-14-15-16-17-18-19-20-21-22-26-36(45)44-40(33-49-37(46)27-23-30-41,34-50-38(47)28-24-31-42)35-51-39(48)29-25-32-43/h2-35,41-43H2,1H3,(H,44,45). The fourth-order valence-corrected chi connectivity index (χ4v) is 5.92. The summed E-state index contributed by atoms with van der Waals surface area (Å²) < 4.78 is 16.4. The zero-order valence-electron chi connectivity index (χ0n) is 32.6. The molecule has 7 N–H and O–H groups in total. The lowest BCUT2D eigenvalue weighted by Crippen LogP contribution is -2.59. The first-order valence-corrected chi connectivity index (χ1v) is 20.7. The maximum atomic E-state index is 13.1. The number of nitrogens with two attached hydrogens (primary N) is 3. The van der Waals surface area contributed by atoms with Crippen molar-refractivity contribution in [3.63, 3.8) is 0 Å². The molecular formula is C40H78N4O7. The Balaban J connectivity index is 4.47. The number of esters is 3. The monoisotopic (exact) mass is 727 g/mol. The number of carbonyl (C=O) groups excluding carboxylic acids is 4. The van der Waals surface area contributed by atoms with Crippen molar-refractivity contribution in [3.05, 3.63) is 0 Å². The van der Waals surface area contributed by atoms with Crippen LogP contribution in [0.5, 0.6) is 0 Å². The van der Waals surface area contributed by atoms with Gasteiger partial charge in [0.15, 0.2) is 0 Å². The van der Waals surface area contributed by atoms with Gasteiger partial charge in [0.05, 0.1) is 0 Å². The molecule has 0 fully saturated rings. The smallest absolute Gasteiger partial charge is 0.305 e. The van der Waals surface area contributed by atoms with Crippen molar-refractivity contribution < 1.29 is 33.4 Å². The summed E-state index contributed by atoms with van der Waals surface area (Å²) in [5.41, 5.74) is 15.1. The van der Waals surface area contributed by atoms with Gasteiger partial charge in [-0.15, -0.1) is 0 Å². The fraction of sp³-hybridized carbons (Fsp3) is 0.900. The highest BCUT2D eigenvalue weighted by Gasteiger charge is 2.37. The Kier molecular flexibility index (Phi) is 34.5. The summed E-state index contributed by atoms with van der Waals surface area (Å²) in [6.07, 6.45) is 29.0. The Morgan fingerprint density at radius 3 is 0.961 bits per heavy atom. The Labute approximate surface area is 311 Å². The highest BCUT2D eigenvalue weighted by atomic mass is 16.6. The van der Waals surface area contributed by atoms with Crippen molar-refractivity contribution in [2.75, 3.05) is 39.5 Å². The van der Waals surface area contributed by atoms with E-state index in [1.165, 1.54) is 109 Å². The molecule has 51 heavy (non-hydrogen) atoms. The Bertz CT molecular complexity index is 799. The molecule has 0 radical (unpaired) electrons. The highest BCUT2D eigenvalue weighted by molar-refractivity contribution is 5.77. The third-order valence-electron chi connectivity index (χ3n) is 9.20. The average molecular weight is 727 g/mol. The molecule has 11 nitrogen and oxygen atoms in total. The van der Waals surface area contributed by atoms with Crippen LogP contribution < -0.4 is 22.5 Å². The van der Waals surface area contributed by atoms with E-state index in [1.807, 2.05) is 0 Å². The summed E-state index contributed by atoms with van der Waals surface area (Å²) in [7, 11) is 0. The van der Waals surface area contributed by atoms with E-state index in [4.69, 9.17) is 31.4 Å². The minimum absolute atomic E-state index is 0.104. The van der Waals surface area contributed by atoms with Crippen molar-refractivity contribution in [1.82, 2.24) is 5.32 Å². The molecule has 0 bridgehead atoms. The molecule has 0 aromatic rings. The molecule has 11 heteroatoms. The maximum Gasteiger partial charge on any atom is 0.305 e. The normalized spacial score (nSPS) is 11.4. The fourth-order valence-electron chi connectivity index (χ4n) is 5.92. The number of rotatable bonds is 38. The highest BCUT2D eigenvalue weighted by Crippen LogP contribution is 2.17. The van der Waals surface area contributed by atoms with Crippen LogP contribution in [0.1, 0.15) is 187 Å². The van der Waals surface area contributed by atoms with Crippen molar-refractivity contribution in [3.8, 4) is 0 Å². The second-order valence-electron chi connectivity index (χ2n) is 14.3. The van der Waals surface area contributed by atoms with Crippen molar-refractivity contribution >= 4 is 23.8 Å². The van der Waals surface area contributed by atoms with Crippen molar-refractivity contribution in [2.45, 2.75) is 192 Å². The third-order valence-corrected chi connectivity index (χ3v) is 9.20. The number of unbranched alkanes of at least 4 members (excludes halogenated alkanes) is 20. The van der Waals surface area contributed by atoms with Gasteiger partial charge in [-0.2, -0.15) is 0 Å². The topological polar surface area (TPSA) is 186 Å². The molecule has 0 rings (SSSR count). The van der Waals surface area contributed by atoms with Crippen LogP contribution in [0.3, 0.4) is 0 Å². The van der Waals surface area contributed by atoms with Crippen molar-refractivity contribution in [2.24, 2.45) is 17.2 Å². The Hall–Kier alpha value is -2.24. The molecule has 0 aliphatic heterocycles. The molecule has 0 saturated heterocycles. The van der Waals surface area contributed by atoms with E-state index in [2.05, 4.69) is 12.2 Å². The first-order chi connectivity index (χ1) is 24.8. The van der Waals surface area contributed by atoms with Crippen LogP contribution >= 0.6 is 0 Å². The summed E-state index contributed by atoms with van der Waals surface area (Å²) in [6, 6.07) is 0. The lowest BCUT2D eigenvalue weighted by Gasteiger charge is -2.33. The van der Waals surface area contributed by atoms with E-state index in [0.29, 0.717) is 45.3 Å². The minimum Gasteiger partial charge on any atom is -0.463 e. The zero-order chi connectivity index (χ0) is 37.7. The predicted molar refractivity (Wildman–Crippen MR) is 206 cm³/mol. The van der Waals surface area contributed by atoms with Crippen LogP contribution in [0.15, 0.2) is 0 Å². The van der Waals surface area contributed by atoms with Gasteiger partial charge in [-0.25, -0.2) is 0 Å². The van der Waals surface area contributed by atoms with Gasteiger partial charge in [-0.3, -0.25) is 19.2 Å². The van der Waals surface area contributed by atoms with E-state index in [-0.39, 0.29) is 51.4 Å². The summed E-state index contributed by atoms with van der Waals surface area (Å²) in [4.78, 5) is 50.1. The second kappa shape index (κ2) is 36.1. The summed E-state index contributed by atoms with van der Waals surface area (Å²) >= 11 is 0. The van der Waals surface area contributed by atoms with Gasteiger partial charge in [-0.1, -0.05) is 135 Å². The van der Waals surface area contributed by atoms with Crippen LogP contribution in [0.2, 0.25) is 0 Å². The number of hydrogen-bond acceptors (Lipinski definition) is 10. The lowest BCUT2D eigenvalue weighted by molar-refractivity contribution is -0.159. The molecule has 0 spiro atoms. The van der Waals surface area contributed by atoms with Gasteiger partial charge >= 0.3 is 17.9 Å². The molecule has 300 valence electrons. The molecule has 0 heterocycles. The molecule has 0 aromatic heterocycles. The van der Waals surface area contributed by atoms with E-state index in [9.17, 15) is 19.2 Å². The minimum atomic E-state index is -1.43.